The molecule has 0 aliphatic carbocycles. The maximum absolute atomic E-state index is 2.48. The first-order valence-electron chi connectivity index (χ1n) is 20.0. The van der Waals surface area contributed by atoms with Crippen LogP contribution in [0.2, 0.25) is 0 Å². The van der Waals surface area contributed by atoms with E-state index in [0.29, 0.717) is 0 Å². The molecule has 9 aromatic carbocycles. The van der Waals surface area contributed by atoms with Crippen LogP contribution in [0.5, 0.6) is 0 Å². The lowest BCUT2D eigenvalue weighted by Gasteiger charge is -2.11. The predicted molar refractivity (Wildman–Crippen MR) is 244 cm³/mol. The molecule has 13 rings (SSSR count). The van der Waals surface area contributed by atoms with E-state index < -0.39 is 0 Å². The third kappa shape index (κ3) is 4.18. The van der Waals surface area contributed by atoms with E-state index in [4.69, 9.17) is 0 Å². The second-order valence-electron chi connectivity index (χ2n) is 15.3. The van der Waals surface area contributed by atoms with Crippen molar-refractivity contribution in [2.75, 3.05) is 0 Å². The fourth-order valence-corrected chi connectivity index (χ4v) is 10.1. The van der Waals surface area contributed by atoms with Crippen LogP contribution < -0.4 is 0 Å². The van der Waals surface area contributed by atoms with Crippen molar-refractivity contribution in [1.29, 1.82) is 0 Å². The molecule has 4 heterocycles. The second kappa shape index (κ2) is 11.8. The third-order valence-corrected chi connectivity index (χ3v) is 12.3. The molecule has 0 bridgehead atoms. The van der Waals surface area contributed by atoms with Crippen LogP contribution in [0.25, 0.3) is 110 Å². The lowest BCUT2D eigenvalue weighted by molar-refractivity contribution is 1.16. The van der Waals surface area contributed by atoms with Crippen molar-refractivity contribution in [2.45, 2.75) is 0 Å². The Kier molecular flexibility index (Phi) is 6.41. The summed E-state index contributed by atoms with van der Waals surface area (Å²) in [6.07, 6.45) is 0. The van der Waals surface area contributed by atoms with Gasteiger partial charge in [0.05, 0.1) is 44.1 Å². The van der Waals surface area contributed by atoms with Crippen LogP contribution in [0, 0.1) is 0 Å². The monoisotopic (exact) mass is 738 g/mol. The first-order valence-corrected chi connectivity index (χ1v) is 20.0. The summed E-state index contributed by atoms with van der Waals surface area (Å²) in [7, 11) is 0. The molecule has 270 valence electrons. The summed E-state index contributed by atoms with van der Waals surface area (Å²) in [6, 6.07) is 75.3. The van der Waals surface area contributed by atoms with E-state index in [2.05, 4.69) is 225 Å². The van der Waals surface area contributed by atoms with Gasteiger partial charge in [0, 0.05) is 65.8 Å². The molecule has 0 spiro atoms. The predicted octanol–water partition coefficient (Wildman–Crippen LogP) is 14.1. The van der Waals surface area contributed by atoms with Gasteiger partial charge in [-0.1, -0.05) is 109 Å². The van der Waals surface area contributed by atoms with Crippen LogP contribution in [0.15, 0.2) is 206 Å². The minimum Gasteiger partial charge on any atom is -0.309 e. The molecule has 58 heavy (non-hydrogen) atoms. The van der Waals surface area contributed by atoms with Gasteiger partial charge in [0.1, 0.15) is 0 Å². The van der Waals surface area contributed by atoms with Gasteiger partial charge in [0.25, 0.3) is 0 Å². The molecule has 0 aliphatic heterocycles. The number of hydrogen-bond acceptors (Lipinski definition) is 0. The first kappa shape index (κ1) is 31.4. The second-order valence-corrected chi connectivity index (χ2v) is 15.3. The van der Waals surface area contributed by atoms with E-state index in [1.165, 1.54) is 87.2 Å². The third-order valence-electron chi connectivity index (χ3n) is 12.3. The fourth-order valence-electron chi connectivity index (χ4n) is 10.1. The number of para-hydroxylation sites is 6. The Balaban J connectivity index is 1.20. The van der Waals surface area contributed by atoms with Crippen molar-refractivity contribution >= 4 is 87.2 Å². The van der Waals surface area contributed by atoms with E-state index in [1.54, 1.807) is 0 Å². The summed E-state index contributed by atoms with van der Waals surface area (Å²) in [5.74, 6) is 0. The van der Waals surface area contributed by atoms with Crippen molar-refractivity contribution < 1.29 is 0 Å². The first-order chi connectivity index (χ1) is 28.8. The van der Waals surface area contributed by atoms with Crippen molar-refractivity contribution in [2.24, 2.45) is 0 Å². The molecule has 13 aromatic rings. The van der Waals surface area contributed by atoms with Crippen LogP contribution in [-0.4, -0.2) is 18.3 Å². The smallest absolute Gasteiger partial charge is 0.0549 e. The van der Waals surface area contributed by atoms with Crippen molar-refractivity contribution in [3.05, 3.63) is 206 Å². The van der Waals surface area contributed by atoms with Gasteiger partial charge in [-0.25, -0.2) is 0 Å². The molecule has 4 aromatic heterocycles. The number of benzene rings is 9. The van der Waals surface area contributed by atoms with Crippen molar-refractivity contribution in [3.63, 3.8) is 0 Å². The zero-order valence-corrected chi connectivity index (χ0v) is 31.4. The molecule has 4 heteroatoms. The van der Waals surface area contributed by atoms with Gasteiger partial charge in [0.15, 0.2) is 0 Å². The largest absolute Gasteiger partial charge is 0.309 e. The highest BCUT2D eigenvalue weighted by Crippen LogP contribution is 2.47. The number of hydrogen-bond donors (Lipinski definition) is 0. The molecule has 0 amide bonds. The fraction of sp³-hybridized carbons (Fsp3) is 0. The highest BCUT2D eigenvalue weighted by atomic mass is 15.0. The highest BCUT2D eigenvalue weighted by Gasteiger charge is 2.25. The average molecular weight is 739 g/mol. The molecule has 4 nitrogen and oxygen atoms in total. The maximum Gasteiger partial charge on any atom is 0.0549 e. The zero-order chi connectivity index (χ0) is 37.9. The standard InChI is InChI=1S/C54H34N4/c1-4-16-35(17-5-1)55-43-25-13-10-22-39(43)42-34-38(28-29-46(42)55)58-45-27-15-12-24-41(45)52-48(58)31-33-50-54(52)53-49(57(50)37-20-8-3-9-21-37)32-30-47-51(53)40-23-11-14-26-44(40)56(47)36-18-6-2-7-19-36/h1-34H. The Morgan fingerprint density at radius 2 is 0.500 bits per heavy atom. The average Bonchev–Trinajstić information content (AvgIpc) is 4.02. The Morgan fingerprint density at radius 1 is 0.190 bits per heavy atom. The lowest BCUT2D eigenvalue weighted by Crippen LogP contribution is -1.96. The highest BCUT2D eigenvalue weighted by molar-refractivity contribution is 6.36. The van der Waals surface area contributed by atoms with Crippen LogP contribution in [0.3, 0.4) is 0 Å². The molecule has 0 fully saturated rings. The van der Waals surface area contributed by atoms with Gasteiger partial charge in [-0.2, -0.15) is 0 Å². The molecule has 0 N–H and O–H groups in total. The Hall–Kier alpha value is -7.82. The normalized spacial score (nSPS) is 12.1. The Labute approximate surface area is 333 Å². The molecule has 0 aliphatic rings. The van der Waals surface area contributed by atoms with E-state index in [0.717, 1.165) is 22.7 Å². The summed E-state index contributed by atoms with van der Waals surface area (Å²) in [5.41, 5.74) is 14.2. The van der Waals surface area contributed by atoms with E-state index >= 15 is 0 Å². The van der Waals surface area contributed by atoms with Crippen molar-refractivity contribution in [3.8, 4) is 22.7 Å². The Bertz CT molecular complexity index is 3770. The van der Waals surface area contributed by atoms with Gasteiger partial charge < -0.3 is 18.3 Å². The summed E-state index contributed by atoms with van der Waals surface area (Å²) >= 11 is 0. The van der Waals surface area contributed by atoms with Crippen LogP contribution in [0.1, 0.15) is 0 Å². The molecular weight excluding hydrogens is 705 g/mol. The van der Waals surface area contributed by atoms with Gasteiger partial charge in [-0.15, -0.1) is 0 Å². The van der Waals surface area contributed by atoms with Gasteiger partial charge >= 0.3 is 0 Å². The molecule has 0 saturated carbocycles. The number of rotatable bonds is 4. The van der Waals surface area contributed by atoms with Gasteiger partial charge in [-0.05, 0) is 97.1 Å². The molecular formula is C54H34N4. The van der Waals surface area contributed by atoms with Gasteiger partial charge in [0.2, 0.25) is 0 Å². The Morgan fingerprint density at radius 3 is 0.983 bits per heavy atom. The molecule has 0 radical (unpaired) electrons. The number of fused-ring (bicyclic) bond motifs is 14. The zero-order valence-electron chi connectivity index (χ0n) is 31.4. The minimum atomic E-state index is 1.15. The summed E-state index contributed by atoms with van der Waals surface area (Å²) < 4.78 is 9.77. The summed E-state index contributed by atoms with van der Waals surface area (Å²) in [4.78, 5) is 0. The maximum atomic E-state index is 2.48. The van der Waals surface area contributed by atoms with Crippen LogP contribution in [-0.2, 0) is 0 Å². The van der Waals surface area contributed by atoms with Crippen LogP contribution >= 0.6 is 0 Å². The molecule has 0 atom stereocenters. The topological polar surface area (TPSA) is 19.7 Å². The van der Waals surface area contributed by atoms with E-state index in [-0.39, 0.29) is 0 Å². The summed E-state index contributed by atoms with van der Waals surface area (Å²) in [5, 5.41) is 10.1. The van der Waals surface area contributed by atoms with Crippen LogP contribution in [0.4, 0.5) is 0 Å². The quantitative estimate of drug-likeness (QED) is 0.171. The summed E-state index contributed by atoms with van der Waals surface area (Å²) in [6.45, 7) is 0. The van der Waals surface area contributed by atoms with Gasteiger partial charge in [-0.3, -0.25) is 0 Å². The minimum absolute atomic E-state index is 1.15. The lowest BCUT2D eigenvalue weighted by atomic mass is 10.0. The number of aromatic nitrogens is 4. The SMILES string of the molecule is c1ccc(-n2c3ccccc3c3cc(-n4c5ccccc5c5c6c7c8c9ccccc9n(-c9ccccc9)c8ccc7n(-c7ccccc7)c6ccc54)ccc32)cc1. The van der Waals surface area contributed by atoms with E-state index in [9.17, 15) is 0 Å². The number of nitrogens with zero attached hydrogens (tertiary/aromatic N) is 4. The van der Waals surface area contributed by atoms with E-state index in [1.807, 2.05) is 0 Å². The van der Waals surface area contributed by atoms with Crippen molar-refractivity contribution in [1.82, 2.24) is 18.3 Å². The molecule has 0 unspecified atom stereocenters. The molecule has 0 saturated heterocycles.